The van der Waals surface area contributed by atoms with Crippen molar-refractivity contribution < 1.29 is 9.53 Å². The molecule has 1 saturated carbocycles. The molecule has 4 aliphatic rings. The number of halogens is 1. The molecule has 5 heteroatoms. The number of ether oxygens (including phenoxy) is 1. The zero-order valence-electron chi connectivity index (χ0n) is 12.1. The Balaban J connectivity index is 0.00000132. The second kappa shape index (κ2) is 5.90. The molecule has 1 unspecified atom stereocenters. The van der Waals surface area contributed by atoms with E-state index in [1.54, 1.807) is 0 Å². The molecule has 1 atom stereocenters. The quantitative estimate of drug-likeness (QED) is 0.795. The van der Waals surface area contributed by atoms with Crippen LogP contribution in [0.3, 0.4) is 0 Å². The number of rotatable bonds is 3. The Labute approximate surface area is 136 Å². The van der Waals surface area contributed by atoms with Crippen molar-refractivity contribution in [2.45, 2.75) is 32.1 Å². The van der Waals surface area contributed by atoms with Crippen molar-refractivity contribution in [2.24, 2.45) is 17.3 Å². The van der Waals surface area contributed by atoms with Crippen LogP contribution < -0.4 is 4.74 Å². The van der Waals surface area contributed by atoms with Crippen LogP contribution >= 0.6 is 23.7 Å². The Bertz CT molecular complexity index is 492. The molecular weight excluding hydrogens is 306 g/mol. The molecule has 4 fully saturated rings. The molecule has 4 heterocycles. The van der Waals surface area contributed by atoms with Gasteiger partial charge in [-0.3, -0.25) is 4.79 Å². The Hall–Kier alpha value is -0.580. The fourth-order valence-corrected chi connectivity index (χ4v) is 4.96. The molecule has 21 heavy (non-hydrogen) atoms. The summed E-state index contributed by atoms with van der Waals surface area (Å²) in [5.74, 6) is 1.33. The predicted octanol–water partition coefficient (Wildman–Crippen LogP) is 3.59. The summed E-state index contributed by atoms with van der Waals surface area (Å²) < 4.78 is 5.68. The summed E-state index contributed by atoms with van der Waals surface area (Å²) in [5, 5.41) is 2.71. The maximum Gasteiger partial charge on any atom is 0.318 e. The molecule has 3 nitrogen and oxygen atoms in total. The summed E-state index contributed by atoms with van der Waals surface area (Å²) in [4.78, 5) is 15.3. The van der Waals surface area contributed by atoms with E-state index in [-0.39, 0.29) is 23.8 Å². The van der Waals surface area contributed by atoms with Gasteiger partial charge in [0.05, 0.1) is 5.41 Å². The SMILES string of the molecule is Cl.O=C(Oc1cccs1)C1(C2CN3CCC2CC3)CCC1. The van der Waals surface area contributed by atoms with Crippen LogP contribution in [0.2, 0.25) is 0 Å². The van der Waals surface area contributed by atoms with Crippen molar-refractivity contribution >= 4 is 29.7 Å². The smallest absolute Gasteiger partial charge is 0.318 e. The molecule has 0 spiro atoms. The van der Waals surface area contributed by atoms with Gasteiger partial charge in [-0.1, -0.05) is 6.42 Å². The normalized spacial score (nSPS) is 32.9. The number of piperidine rings is 3. The lowest BCUT2D eigenvalue weighted by atomic mass is 9.55. The molecule has 3 aliphatic heterocycles. The lowest BCUT2D eigenvalue weighted by Crippen LogP contribution is -2.58. The van der Waals surface area contributed by atoms with Crippen molar-refractivity contribution in [1.82, 2.24) is 4.90 Å². The average molecular weight is 328 g/mol. The van der Waals surface area contributed by atoms with E-state index in [0.29, 0.717) is 5.92 Å². The molecule has 0 N–H and O–H groups in total. The maximum absolute atomic E-state index is 12.8. The van der Waals surface area contributed by atoms with Gasteiger partial charge in [0.25, 0.3) is 0 Å². The highest BCUT2D eigenvalue weighted by Crippen LogP contribution is 2.54. The fourth-order valence-electron chi connectivity index (χ4n) is 4.39. The topological polar surface area (TPSA) is 29.5 Å². The largest absolute Gasteiger partial charge is 0.415 e. The molecule has 2 bridgehead atoms. The molecule has 116 valence electrons. The van der Waals surface area contributed by atoms with Crippen molar-refractivity contribution in [2.75, 3.05) is 19.6 Å². The minimum atomic E-state index is -0.173. The number of thiophene rings is 1. The molecule has 0 radical (unpaired) electrons. The van der Waals surface area contributed by atoms with Crippen LogP contribution in [0.4, 0.5) is 0 Å². The molecule has 3 saturated heterocycles. The standard InChI is InChI=1S/C16H21NO2S.ClH/c18-15(19-14-3-1-10-20-14)16(6-2-7-16)13-11-17-8-4-12(13)5-9-17;/h1,3,10,12-13H,2,4-9,11H2;1H. The van der Waals surface area contributed by atoms with E-state index < -0.39 is 0 Å². The summed E-state index contributed by atoms with van der Waals surface area (Å²) >= 11 is 1.51. The van der Waals surface area contributed by atoms with Crippen LogP contribution in [0, 0.1) is 17.3 Å². The minimum Gasteiger partial charge on any atom is -0.415 e. The zero-order valence-corrected chi connectivity index (χ0v) is 13.8. The van der Waals surface area contributed by atoms with Crippen LogP contribution in [0.15, 0.2) is 17.5 Å². The van der Waals surface area contributed by atoms with Gasteiger partial charge in [0.1, 0.15) is 0 Å². The zero-order chi connectivity index (χ0) is 13.6. The third kappa shape index (κ3) is 2.51. The third-order valence-electron chi connectivity index (χ3n) is 5.71. The van der Waals surface area contributed by atoms with Crippen molar-refractivity contribution in [1.29, 1.82) is 0 Å². The highest BCUT2D eigenvalue weighted by Gasteiger charge is 2.56. The Morgan fingerprint density at radius 1 is 1.33 bits per heavy atom. The van der Waals surface area contributed by atoms with Gasteiger partial charge >= 0.3 is 5.97 Å². The van der Waals surface area contributed by atoms with Crippen molar-refractivity contribution in [3.8, 4) is 5.06 Å². The van der Waals surface area contributed by atoms with Gasteiger partial charge in [-0.15, -0.1) is 23.7 Å². The number of carbonyl (C=O) groups excluding carboxylic acids is 1. The minimum absolute atomic E-state index is 0. The van der Waals surface area contributed by atoms with Gasteiger partial charge in [0.2, 0.25) is 0 Å². The molecule has 1 aromatic heterocycles. The first-order chi connectivity index (χ1) is 9.78. The average Bonchev–Trinajstić information content (AvgIpc) is 2.92. The first kappa shape index (κ1) is 15.3. The van der Waals surface area contributed by atoms with Gasteiger partial charge < -0.3 is 9.64 Å². The van der Waals surface area contributed by atoms with Crippen LogP contribution in [0.5, 0.6) is 5.06 Å². The molecule has 0 aromatic carbocycles. The first-order valence-corrected chi connectivity index (χ1v) is 8.64. The van der Waals surface area contributed by atoms with E-state index in [1.165, 1.54) is 43.7 Å². The van der Waals surface area contributed by atoms with Crippen molar-refractivity contribution in [3.05, 3.63) is 17.5 Å². The number of hydrogen-bond acceptors (Lipinski definition) is 4. The predicted molar refractivity (Wildman–Crippen MR) is 86.1 cm³/mol. The Morgan fingerprint density at radius 3 is 2.57 bits per heavy atom. The number of nitrogens with zero attached hydrogens (tertiary/aromatic N) is 1. The Kier molecular flexibility index (Phi) is 4.30. The Morgan fingerprint density at radius 2 is 2.10 bits per heavy atom. The number of hydrogen-bond donors (Lipinski definition) is 0. The molecule has 1 aromatic rings. The lowest BCUT2D eigenvalue weighted by molar-refractivity contribution is -0.165. The van der Waals surface area contributed by atoms with E-state index in [4.69, 9.17) is 4.74 Å². The van der Waals surface area contributed by atoms with E-state index in [2.05, 4.69) is 4.90 Å². The summed E-state index contributed by atoms with van der Waals surface area (Å²) in [6, 6.07) is 3.83. The number of carbonyl (C=O) groups is 1. The van der Waals surface area contributed by atoms with Crippen molar-refractivity contribution in [3.63, 3.8) is 0 Å². The summed E-state index contributed by atoms with van der Waals surface area (Å²) in [5.41, 5.74) is -0.173. The maximum atomic E-state index is 12.8. The molecule has 1 aliphatic carbocycles. The third-order valence-corrected chi connectivity index (χ3v) is 6.45. The van der Waals surface area contributed by atoms with Crippen LogP contribution in [0.1, 0.15) is 32.1 Å². The summed E-state index contributed by atoms with van der Waals surface area (Å²) in [6.07, 6.45) is 5.80. The van der Waals surface area contributed by atoms with Crippen LogP contribution in [-0.2, 0) is 4.79 Å². The molecular formula is C16H22ClNO2S. The van der Waals surface area contributed by atoms with Gasteiger partial charge in [-0.05, 0) is 68.1 Å². The van der Waals surface area contributed by atoms with E-state index >= 15 is 0 Å². The molecule has 0 amide bonds. The summed E-state index contributed by atoms with van der Waals surface area (Å²) in [7, 11) is 0. The highest BCUT2D eigenvalue weighted by atomic mass is 35.5. The highest BCUT2D eigenvalue weighted by molar-refractivity contribution is 7.11. The second-order valence-corrected chi connectivity index (χ2v) is 7.49. The second-order valence-electron chi connectivity index (χ2n) is 6.58. The van der Waals surface area contributed by atoms with Crippen LogP contribution in [-0.4, -0.2) is 30.5 Å². The van der Waals surface area contributed by atoms with Gasteiger partial charge in [-0.25, -0.2) is 0 Å². The number of fused-ring (bicyclic) bond motifs is 3. The van der Waals surface area contributed by atoms with Gasteiger partial charge in [-0.2, -0.15) is 0 Å². The summed E-state index contributed by atoms with van der Waals surface area (Å²) in [6.45, 7) is 3.58. The van der Waals surface area contributed by atoms with Gasteiger partial charge in [0.15, 0.2) is 5.06 Å². The fraction of sp³-hybridized carbons (Fsp3) is 0.688. The van der Waals surface area contributed by atoms with Crippen LogP contribution in [0.25, 0.3) is 0 Å². The van der Waals surface area contributed by atoms with Gasteiger partial charge in [0, 0.05) is 6.54 Å². The molecule has 5 rings (SSSR count). The van der Waals surface area contributed by atoms with E-state index in [1.807, 2.05) is 17.5 Å². The first-order valence-electron chi connectivity index (χ1n) is 7.76. The lowest BCUT2D eigenvalue weighted by Gasteiger charge is -2.55. The monoisotopic (exact) mass is 327 g/mol. The van der Waals surface area contributed by atoms with E-state index in [0.717, 1.165) is 30.4 Å². The van der Waals surface area contributed by atoms with E-state index in [9.17, 15) is 4.79 Å². The number of esters is 1.